The Labute approximate surface area is 114 Å². The van der Waals surface area contributed by atoms with Crippen LogP contribution in [0.4, 0.5) is 0 Å². The van der Waals surface area contributed by atoms with Gasteiger partial charge < -0.3 is 15.0 Å². The highest BCUT2D eigenvalue weighted by Gasteiger charge is 2.27. The monoisotopic (exact) mass is 262 g/mol. The molecule has 1 saturated heterocycles. The van der Waals surface area contributed by atoms with Crippen molar-refractivity contribution in [2.75, 3.05) is 33.8 Å². The molecule has 0 aliphatic carbocycles. The summed E-state index contributed by atoms with van der Waals surface area (Å²) in [5.74, 6) is -0.374. The number of rotatable bonds is 5. The zero-order valence-corrected chi connectivity index (χ0v) is 11.6. The van der Waals surface area contributed by atoms with E-state index in [1.165, 1.54) is 7.11 Å². The third kappa shape index (κ3) is 3.55. The molecule has 104 valence electrons. The molecule has 0 amide bonds. The molecule has 1 aromatic rings. The van der Waals surface area contributed by atoms with Crippen LogP contribution in [0.5, 0.6) is 0 Å². The second-order valence-corrected chi connectivity index (χ2v) is 5.07. The lowest BCUT2D eigenvalue weighted by Gasteiger charge is -2.27. The molecule has 1 aliphatic rings. The molecule has 0 spiro atoms. The number of hydrogen-bond donors (Lipinski definition) is 1. The molecular weight excluding hydrogens is 240 g/mol. The summed E-state index contributed by atoms with van der Waals surface area (Å²) in [6, 6.07) is 10.4. The Hall–Kier alpha value is -1.39. The molecule has 2 atom stereocenters. The fourth-order valence-electron chi connectivity index (χ4n) is 2.60. The van der Waals surface area contributed by atoms with Crippen LogP contribution in [0.2, 0.25) is 0 Å². The van der Waals surface area contributed by atoms with Gasteiger partial charge in [-0.05, 0) is 25.6 Å². The molecule has 19 heavy (non-hydrogen) atoms. The summed E-state index contributed by atoms with van der Waals surface area (Å²) in [7, 11) is 3.53. The summed E-state index contributed by atoms with van der Waals surface area (Å²) in [4.78, 5) is 14.3. The number of hydrogen-bond acceptors (Lipinski definition) is 4. The Kier molecular flexibility index (Phi) is 4.93. The number of likely N-dealkylation sites (N-methyl/N-ethyl adjacent to an activating group) is 1. The molecule has 2 rings (SSSR count). The first-order chi connectivity index (χ1) is 9.22. The first-order valence-corrected chi connectivity index (χ1v) is 6.76. The normalized spacial score (nSPS) is 20.5. The van der Waals surface area contributed by atoms with Crippen molar-refractivity contribution in [3.05, 3.63) is 35.9 Å². The summed E-state index contributed by atoms with van der Waals surface area (Å²) in [5, 5.41) is 3.35. The van der Waals surface area contributed by atoms with Gasteiger partial charge in [0, 0.05) is 19.1 Å². The van der Waals surface area contributed by atoms with Crippen molar-refractivity contribution in [2.45, 2.75) is 18.4 Å². The second-order valence-electron chi connectivity index (χ2n) is 5.07. The lowest BCUT2D eigenvalue weighted by atomic mass is 9.98. The summed E-state index contributed by atoms with van der Waals surface area (Å²) in [5.41, 5.74) is 1.02. The number of esters is 1. The molecule has 0 radical (unpaired) electrons. The van der Waals surface area contributed by atoms with Gasteiger partial charge in [0.1, 0.15) is 0 Å². The van der Waals surface area contributed by atoms with Crippen LogP contribution in [0.3, 0.4) is 0 Å². The minimum Gasteiger partial charge on any atom is -0.469 e. The van der Waals surface area contributed by atoms with Crippen LogP contribution < -0.4 is 5.32 Å². The molecular formula is C15H22N2O2. The number of benzene rings is 1. The molecule has 1 aliphatic heterocycles. The number of nitrogens with zero attached hydrogens (tertiary/aromatic N) is 1. The van der Waals surface area contributed by atoms with Crippen LogP contribution in [0, 0.1) is 0 Å². The SMILES string of the molecule is COC(=O)C(CN(C)C1CCNC1)c1ccccc1. The number of ether oxygens (including phenoxy) is 1. The largest absolute Gasteiger partial charge is 0.469 e. The van der Waals surface area contributed by atoms with Gasteiger partial charge in [0.15, 0.2) is 0 Å². The van der Waals surface area contributed by atoms with Crippen molar-refractivity contribution in [1.29, 1.82) is 0 Å². The lowest BCUT2D eigenvalue weighted by Crippen LogP contribution is -2.38. The summed E-state index contributed by atoms with van der Waals surface area (Å²) >= 11 is 0. The number of carbonyl (C=O) groups excluding carboxylic acids is 1. The van der Waals surface area contributed by atoms with Crippen LogP contribution in [-0.2, 0) is 9.53 Å². The first kappa shape index (κ1) is 14.0. The Morgan fingerprint density at radius 3 is 2.79 bits per heavy atom. The van der Waals surface area contributed by atoms with Gasteiger partial charge >= 0.3 is 5.97 Å². The van der Waals surface area contributed by atoms with E-state index in [-0.39, 0.29) is 11.9 Å². The highest BCUT2D eigenvalue weighted by atomic mass is 16.5. The molecule has 0 saturated carbocycles. The minimum absolute atomic E-state index is 0.163. The van der Waals surface area contributed by atoms with Crippen LogP contribution >= 0.6 is 0 Å². The number of nitrogens with one attached hydrogen (secondary N) is 1. The Bertz CT molecular complexity index is 402. The van der Waals surface area contributed by atoms with Gasteiger partial charge in [-0.25, -0.2) is 0 Å². The maximum Gasteiger partial charge on any atom is 0.314 e. The third-order valence-corrected chi connectivity index (χ3v) is 3.82. The molecule has 2 unspecified atom stereocenters. The molecule has 1 aromatic carbocycles. The molecule has 1 fully saturated rings. The van der Waals surface area contributed by atoms with Crippen LogP contribution in [0.15, 0.2) is 30.3 Å². The van der Waals surface area contributed by atoms with Crippen molar-refractivity contribution in [1.82, 2.24) is 10.2 Å². The Morgan fingerprint density at radius 2 is 2.21 bits per heavy atom. The lowest BCUT2D eigenvalue weighted by molar-refractivity contribution is -0.143. The van der Waals surface area contributed by atoms with Gasteiger partial charge in [0.05, 0.1) is 13.0 Å². The quantitative estimate of drug-likeness (QED) is 0.811. The zero-order chi connectivity index (χ0) is 13.7. The zero-order valence-electron chi connectivity index (χ0n) is 11.6. The van der Waals surface area contributed by atoms with Crippen LogP contribution in [0.25, 0.3) is 0 Å². The van der Waals surface area contributed by atoms with E-state index in [1.54, 1.807) is 0 Å². The van der Waals surface area contributed by atoms with Gasteiger partial charge in [0.25, 0.3) is 0 Å². The van der Waals surface area contributed by atoms with Gasteiger partial charge in [0.2, 0.25) is 0 Å². The predicted octanol–water partition coefficient (Wildman–Crippen LogP) is 1.24. The fraction of sp³-hybridized carbons (Fsp3) is 0.533. The van der Waals surface area contributed by atoms with E-state index in [0.29, 0.717) is 12.6 Å². The molecule has 4 heteroatoms. The van der Waals surface area contributed by atoms with E-state index in [1.807, 2.05) is 30.3 Å². The highest BCUT2D eigenvalue weighted by molar-refractivity contribution is 5.78. The topological polar surface area (TPSA) is 41.6 Å². The fourth-order valence-corrected chi connectivity index (χ4v) is 2.60. The summed E-state index contributed by atoms with van der Waals surface area (Å²) in [6.07, 6.45) is 1.14. The second kappa shape index (κ2) is 6.68. The van der Waals surface area contributed by atoms with Crippen molar-refractivity contribution in [2.24, 2.45) is 0 Å². The maximum atomic E-state index is 12.0. The summed E-state index contributed by atoms with van der Waals surface area (Å²) in [6.45, 7) is 2.76. The van der Waals surface area contributed by atoms with Crippen molar-refractivity contribution >= 4 is 5.97 Å². The van der Waals surface area contributed by atoms with E-state index in [2.05, 4.69) is 17.3 Å². The van der Waals surface area contributed by atoms with Gasteiger partial charge in [-0.15, -0.1) is 0 Å². The Morgan fingerprint density at radius 1 is 1.47 bits per heavy atom. The van der Waals surface area contributed by atoms with Crippen molar-refractivity contribution in [3.8, 4) is 0 Å². The van der Waals surface area contributed by atoms with Crippen molar-refractivity contribution in [3.63, 3.8) is 0 Å². The maximum absolute atomic E-state index is 12.0. The van der Waals surface area contributed by atoms with Crippen LogP contribution in [0.1, 0.15) is 17.9 Å². The molecule has 4 nitrogen and oxygen atoms in total. The standard InChI is InChI=1S/C15H22N2O2/c1-17(13-8-9-16-10-13)11-14(15(18)19-2)12-6-4-3-5-7-12/h3-7,13-14,16H,8-11H2,1-2H3. The molecule has 1 N–H and O–H groups in total. The molecule has 0 aromatic heterocycles. The average Bonchev–Trinajstić information content (AvgIpc) is 2.99. The smallest absolute Gasteiger partial charge is 0.314 e. The highest BCUT2D eigenvalue weighted by Crippen LogP contribution is 2.20. The number of methoxy groups -OCH3 is 1. The molecule has 1 heterocycles. The number of carbonyl (C=O) groups is 1. The summed E-state index contributed by atoms with van der Waals surface area (Å²) < 4.78 is 4.95. The van der Waals surface area contributed by atoms with E-state index in [9.17, 15) is 4.79 Å². The predicted molar refractivity (Wildman–Crippen MR) is 75.1 cm³/mol. The van der Waals surface area contributed by atoms with Crippen LogP contribution in [-0.4, -0.2) is 50.7 Å². The molecule has 0 bridgehead atoms. The van der Waals surface area contributed by atoms with Gasteiger partial charge in [-0.1, -0.05) is 30.3 Å². The third-order valence-electron chi connectivity index (χ3n) is 3.82. The van der Waals surface area contributed by atoms with E-state index in [4.69, 9.17) is 4.74 Å². The van der Waals surface area contributed by atoms with Gasteiger partial charge in [-0.3, -0.25) is 4.79 Å². The van der Waals surface area contributed by atoms with E-state index in [0.717, 1.165) is 25.1 Å². The first-order valence-electron chi connectivity index (χ1n) is 6.76. The minimum atomic E-state index is -0.211. The van der Waals surface area contributed by atoms with Crippen molar-refractivity contribution < 1.29 is 9.53 Å². The van der Waals surface area contributed by atoms with E-state index < -0.39 is 0 Å². The average molecular weight is 262 g/mol. The Balaban J connectivity index is 2.08. The van der Waals surface area contributed by atoms with E-state index >= 15 is 0 Å². The van der Waals surface area contributed by atoms with Gasteiger partial charge in [-0.2, -0.15) is 0 Å².